The van der Waals surface area contributed by atoms with Crippen LogP contribution in [0.4, 0.5) is 0 Å². The molecule has 1 fully saturated rings. The van der Waals surface area contributed by atoms with Crippen molar-refractivity contribution < 1.29 is 85.7 Å². The summed E-state index contributed by atoms with van der Waals surface area (Å²) in [5, 5.41) is 20.2. The molecule has 1 saturated carbocycles. The molecule has 0 saturated heterocycles. The molecular weight excluding hydrogens is 484 g/mol. The second-order valence-corrected chi connectivity index (χ2v) is 9.99. The highest BCUT2D eigenvalue weighted by Crippen LogP contribution is 2.51. The van der Waals surface area contributed by atoms with Gasteiger partial charge in [0.1, 0.15) is 36.6 Å². The van der Waals surface area contributed by atoms with Crippen molar-refractivity contribution in [3.63, 3.8) is 0 Å². The number of hydrogen-bond acceptors (Lipinski definition) is 10. The van der Waals surface area contributed by atoms with Crippen molar-refractivity contribution in [2.24, 2.45) is 0 Å². The molecule has 0 amide bonds. The first-order valence-electron chi connectivity index (χ1n) is 6.52. The lowest BCUT2D eigenvalue weighted by Gasteiger charge is -2.45. The van der Waals surface area contributed by atoms with Gasteiger partial charge in [0.15, 0.2) is 0 Å². The SMILES string of the molecule is O=P(O)(O)O[C@H]1C(O)[C@H](OP(=O)(O)O)[C@@H](OP(=O)(O)O)C(O)[C@@H]1OP(=O)(O)O. The maximum Gasteiger partial charge on any atom is 0.470 e. The van der Waals surface area contributed by atoms with Gasteiger partial charge < -0.3 is 49.4 Å². The van der Waals surface area contributed by atoms with E-state index in [0.29, 0.717) is 0 Å². The van der Waals surface area contributed by atoms with Gasteiger partial charge in [-0.05, 0) is 0 Å². The van der Waals surface area contributed by atoms with E-state index in [-0.39, 0.29) is 0 Å². The largest absolute Gasteiger partial charge is 0.470 e. The molecule has 0 aliphatic heterocycles. The zero-order valence-corrected chi connectivity index (χ0v) is 16.6. The molecule has 1 aliphatic rings. The van der Waals surface area contributed by atoms with Gasteiger partial charge in [0.2, 0.25) is 0 Å². The van der Waals surface area contributed by atoms with Crippen LogP contribution in [0.1, 0.15) is 0 Å². The highest BCUT2D eigenvalue weighted by atomic mass is 31.2. The van der Waals surface area contributed by atoms with Gasteiger partial charge in [-0.15, -0.1) is 0 Å². The molecule has 28 heavy (non-hydrogen) atoms. The van der Waals surface area contributed by atoms with E-state index in [0.717, 1.165) is 0 Å². The molecule has 22 heteroatoms. The van der Waals surface area contributed by atoms with Gasteiger partial charge in [0.05, 0.1) is 0 Å². The smallest absolute Gasteiger partial charge is 0.387 e. The second-order valence-electron chi connectivity index (χ2n) is 5.22. The summed E-state index contributed by atoms with van der Waals surface area (Å²) in [6, 6.07) is 0. The molecule has 1 aliphatic carbocycles. The minimum absolute atomic E-state index is 2.61. The summed E-state index contributed by atoms with van der Waals surface area (Å²) in [7, 11) is -22.3. The molecule has 0 aromatic carbocycles. The fraction of sp³-hybridized carbons (Fsp3) is 1.00. The van der Waals surface area contributed by atoms with Crippen LogP contribution in [0.5, 0.6) is 0 Å². The van der Waals surface area contributed by atoms with Gasteiger partial charge in [0.25, 0.3) is 0 Å². The first kappa shape index (κ1) is 26.4. The van der Waals surface area contributed by atoms with Crippen LogP contribution in [-0.4, -0.2) is 86.0 Å². The summed E-state index contributed by atoms with van der Waals surface area (Å²) in [6.45, 7) is 0. The van der Waals surface area contributed by atoms with E-state index < -0.39 is 67.9 Å². The van der Waals surface area contributed by atoms with E-state index in [1.54, 1.807) is 0 Å². The molecule has 18 nitrogen and oxygen atoms in total. The molecule has 0 heterocycles. The van der Waals surface area contributed by atoms with Crippen LogP contribution >= 0.6 is 31.3 Å². The first-order valence-corrected chi connectivity index (χ1v) is 12.6. The quantitative estimate of drug-likeness (QED) is 0.145. The Labute approximate surface area is 154 Å². The van der Waals surface area contributed by atoms with Crippen LogP contribution in [0.3, 0.4) is 0 Å². The second kappa shape index (κ2) is 8.85. The Balaban J connectivity index is 3.47. The molecule has 10 N–H and O–H groups in total. The summed E-state index contributed by atoms with van der Waals surface area (Å²) in [4.78, 5) is 70.9. The monoisotopic (exact) mass is 500 g/mol. The number of hydrogen-bond donors (Lipinski definition) is 10. The lowest BCUT2D eigenvalue weighted by atomic mass is 9.85. The van der Waals surface area contributed by atoms with Crippen molar-refractivity contribution in [2.45, 2.75) is 36.6 Å². The van der Waals surface area contributed by atoms with Crippen molar-refractivity contribution >= 4 is 31.3 Å². The summed E-state index contributed by atoms with van der Waals surface area (Å²) in [5.74, 6) is 0. The van der Waals surface area contributed by atoms with Crippen LogP contribution in [0.25, 0.3) is 0 Å². The summed E-state index contributed by atoms with van der Waals surface area (Å²) >= 11 is 0. The van der Waals surface area contributed by atoms with E-state index in [1.807, 2.05) is 0 Å². The minimum atomic E-state index is -5.59. The van der Waals surface area contributed by atoms with E-state index >= 15 is 0 Å². The van der Waals surface area contributed by atoms with Crippen LogP contribution < -0.4 is 0 Å². The van der Waals surface area contributed by atoms with Crippen molar-refractivity contribution in [3.8, 4) is 0 Å². The van der Waals surface area contributed by atoms with Gasteiger partial charge in [-0.2, -0.15) is 0 Å². The number of aliphatic hydroxyl groups excluding tert-OH is 2. The molecule has 168 valence electrons. The summed E-state index contributed by atoms with van der Waals surface area (Å²) in [5.41, 5.74) is 0. The van der Waals surface area contributed by atoms with Crippen LogP contribution in [0.2, 0.25) is 0 Å². The number of aliphatic hydroxyl groups is 2. The van der Waals surface area contributed by atoms with E-state index in [1.165, 1.54) is 0 Å². The Kier molecular flexibility index (Phi) is 8.34. The van der Waals surface area contributed by atoms with E-state index in [2.05, 4.69) is 18.1 Å². The predicted molar refractivity (Wildman–Crippen MR) is 79.7 cm³/mol. The predicted octanol–water partition coefficient (Wildman–Crippen LogP) is -3.37. The van der Waals surface area contributed by atoms with Gasteiger partial charge >= 0.3 is 31.3 Å². The van der Waals surface area contributed by atoms with Crippen LogP contribution in [-0.2, 0) is 36.4 Å². The van der Waals surface area contributed by atoms with E-state index in [9.17, 15) is 28.5 Å². The molecule has 1 rings (SSSR count). The first-order chi connectivity index (χ1) is 12.2. The lowest BCUT2D eigenvalue weighted by molar-refractivity contribution is -0.208. The third kappa shape index (κ3) is 8.62. The Hall–Kier alpha value is 0.360. The summed E-state index contributed by atoms with van der Waals surface area (Å²) in [6.07, 6.45) is -15.9. The molecule has 4 atom stereocenters. The average Bonchev–Trinajstić information content (AvgIpc) is 2.39. The molecule has 0 radical (unpaired) electrons. The minimum Gasteiger partial charge on any atom is -0.387 e. The van der Waals surface area contributed by atoms with Gasteiger partial charge in [-0.1, -0.05) is 0 Å². The molecular formula is C6H16O18P4. The van der Waals surface area contributed by atoms with Crippen LogP contribution in [0.15, 0.2) is 0 Å². The number of rotatable bonds is 8. The number of phosphoric ester groups is 4. The van der Waals surface area contributed by atoms with Crippen molar-refractivity contribution in [1.82, 2.24) is 0 Å². The molecule has 0 spiro atoms. The van der Waals surface area contributed by atoms with Crippen molar-refractivity contribution in [2.75, 3.05) is 0 Å². The lowest BCUT2D eigenvalue weighted by Crippen LogP contribution is -2.65. The molecule has 0 bridgehead atoms. The molecule has 0 aromatic heterocycles. The topological polar surface area (TPSA) is 308 Å². The molecule has 0 aromatic rings. The average molecular weight is 500 g/mol. The van der Waals surface area contributed by atoms with Crippen molar-refractivity contribution in [3.05, 3.63) is 0 Å². The Morgan fingerprint density at radius 2 is 0.571 bits per heavy atom. The van der Waals surface area contributed by atoms with Gasteiger partial charge in [0, 0.05) is 0 Å². The van der Waals surface area contributed by atoms with E-state index in [4.69, 9.17) is 39.1 Å². The van der Waals surface area contributed by atoms with Crippen molar-refractivity contribution in [1.29, 1.82) is 0 Å². The highest BCUT2D eigenvalue weighted by molar-refractivity contribution is 7.47. The number of phosphoric acid groups is 4. The maximum atomic E-state index is 11.0. The third-order valence-electron chi connectivity index (χ3n) is 3.03. The van der Waals surface area contributed by atoms with Crippen LogP contribution in [0, 0.1) is 0 Å². The standard InChI is InChI=1S/C6H16O18P4/c7-1-3(21-25(9,10)11)5(23-27(15,16)17)2(8)6(24-28(18,19)20)4(1)22-26(12,13)14/h1-8H,(H2,9,10,11)(H2,12,13,14)(H2,15,16,17)(H2,18,19,20)/t1?,2?,3-,4-,5-,6-/m0/s1. The fourth-order valence-electron chi connectivity index (χ4n) is 2.27. The van der Waals surface area contributed by atoms with Gasteiger partial charge in [-0.25, -0.2) is 18.3 Å². The summed E-state index contributed by atoms with van der Waals surface area (Å²) < 4.78 is 60.4. The maximum absolute atomic E-state index is 11.0. The molecule has 0 unspecified atom stereocenters. The highest BCUT2D eigenvalue weighted by Gasteiger charge is 2.58. The third-order valence-corrected chi connectivity index (χ3v) is 5.10. The normalized spacial score (nSPS) is 33.1. The zero-order chi connectivity index (χ0) is 22.3. The zero-order valence-electron chi connectivity index (χ0n) is 13.0. The Morgan fingerprint density at radius 1 is 0.429 bits per heavy atom. The Morgan fingerprint density at radius 3 is 0.679 bits per heavy atom. The fourth-order valence-corrected chi connectivity index (χ4v) is 4.52. The van der Waals surface area contributed by atoms with Gasteiger partial charge in [-0.3, -0.25) is 18.1 Å². The Bertz CT molecular complexity index is 604.